The van der Waals surface area contributed by atoms with E-state index in [1.807, 2.05) is 30.3 Å². The Morgan fingerprint density at radius 2 is 2.00 bits per heavy atom. The number of carboxylic acid groups (broad SMARTS) is 1. The minimum atomic E-state index is -0.907. The lowest BCUT2D eigenvalue weighted by molar-refractivity contribution is -0.143. The maximum atomic E-state index is 10.8. The Balaban J connectivity index is 2.15. The van der Waals surface area contributed by atoms with Gasteiger partial charge in [0.15, 0.2) is 0 Å². The zero-order valence-electron chi connectivity index (χ0n) is 10.3. The van der Waals surface area contributed by atoms with Gasteiger partial charge in [-0.15, -0.1) is 0 Å². The molecule has 0 saturated carbocycles. The largest absolute Gasteiger partial charge is 0.480 e. The van der Waals surface area contributed by atoms with E-state index in [2.05, 4.69) is 5.32 Å². The van der Waals surface area contributed by atoms with Crippen molar-refractivity contribution >= 4 is 5.97 Å². The first-order valence-corrected chi connectivity index (χ1v) is 5.62. The normalized spacial score (nSPS) is 11.4. The van der Waals surface area contributed by atoms with Crippen LogP contribution in [-0.4, -0.2) is 29.8 Å². The minimum Gasteiger partial charge on any atom is -0.480 e. The fourth-order valence-corrected chi connectivity index (χ4v) is 1.28. The second-order valence-corrected chi connectivity index (χ2v) is 4.40. The summed E-state index contributed by atoms with van der Waals surface area (Å²) in [5.41, 5.74) is 0.209. The fourth-order valence-electron chi connectivity index (χ4n) is 1.28. The second-order valence-electron chi connectivity index (χ2n) is 4.40. The molecule has 0 saturated heterocycles. The fraction of sp³-hybridized carbons (Fsp3) is 0.462. The number of nitrogens with one attached hydrogen (secondary N) is 1. The molecule has 0 aliphatic heterocycles. The number of carboxylic acids is 1. The van der Waals surface area contributed by atoms with E-state index in [0.29, 0.717) is 19.8 Å². The molecule has 0 spiro atoms. The summed E-state index contributed by atoms with van der Waals surface area (Å²) in [6.45, 7) is 4.83. The van der Waals surface area contributed by atoms with E-state index < -0.39 is 11.5 Å². The van der Waals surface area contributed by atoms with Crippen LogP contribution in [0.4, 0.5) is 0 Å². The lowest BCUT2D eigenvalue weighted by atomic mass is 10.1. The molecule has 0 aromatic heterocycles. The molecule has 4 heteroatoms. The van der Waals surface area contributed by atoms with E-state index >= 15 is 0 Å². The number of benzene rings is 1. The van der Waals surface area contributed by atoms with Gasteiger partial charge in [-0.1, -0.05) is 30.3 Å². The molecule has 1 aromatic carbocycles. The highest BCUT2D eigenvalue weighted by atomic mass is 16.5. The summed E-state index contributed by atoms with van der Waals surface area (Å²) >= 11 is 0. The van der Waals surface area contributed by atoms with E-state index in [9.17, 15) is 4.79 Å². The summed E-state index contributed by atoms with van der Waals surface area (Å²) in [5, 5.41) is 11.8. The SMILES string of the molecule is CC(C)(NCCOCc1ccccc1)C(=O)O. The molecule has 4 nitrogen and oxygen atoms in total. The van der Waals surface area contributed by atoms with Crippen LogP contribution in [0.2, 0.25) is 0 Å². The number of hydrogen-bond acceptors (Lipinski definition) is 3. The van der Waals surface area contributed by atoms with Crippen molar-refractivity contribution in [2.24, 2.45) is 0 Å². The Morgan fingerprint density at radius 3 is 2.59 bits per heavy atom. The van der Waals surface area contributed by atoms with Crippen molar-refractivity contribution in [3.8, 4) is 0 Å². The molecule has 0 amide bonds. The van der Waals surface area contributed by atoms with E-state index in [1.165, 1.54) is 0 Å². The highest BCUT2D eigenvalue weighted by molar-refractivity contribution is 5.77. The van der Waals surface area contributed by atoms with Gasteiger partial charge < -0.3 is 15.2 Å². The molecule has 0 unspecified atom stereocenters. The van der Waals surface area contributed by atoms with Crippen molar-refractivity contribution in [1.82, 2.24) is 5.32 Å². The van der Waals surface area contributed by atoms with Gasteiger partial charge in [-0.25, -0.2) is 0 Å². The maximum absolute atomic E-state index is 10.8. The summed E-state index contributed by atoms with van der Waals surface area (Å²) < 4.78 is 5.44. The highest BCUT2D eigenvalue weighted by Crippen LogP contribution is 2.02. The van der Waals surface area contributed by atoms with Gasteiger partial charge in [-0.2, -0.15) is 0 Å². The molecule has 0 fully saturated rings. The number of carbonyl (C=O) groups is 1. The molecule has 1 aromatic rings. The van der Waals surface area contributed by atoms with Crippen molar-refractivity contribution < 1.29 is 14.6 Å². The van der Waals surface area contributed by atoms with Gasteiger partial charge in [0.2, 0.25) is 0 Å². The van der Waals surface area contributed by atoms with Gasteiger partial charge in [0.1, 0.15) is 5.54 Å². The van der Waals surface area contributed by atoms with Crippen LogP contribution in [0.25, 0.3) is 0 Å². The lowest BCUT2D eigenvalue weighted by Crippen LogP contribution is -2.47. The molecule has 0 radical (unpaired) electrons. The van der Waals surface area contributed by atoms with Crippen molar-refractivity contribution in [3.63, 3.8) is 0 Å². The van der Waals surface area contributed by atoms with E-state index in [-0.39, 0.29) is 0 Å². The number of rotatable bonds is 7. The molecular weight excluding hydrogens is 218 g/mol. The Bertz CT molecular complexity index is 349. The van der Waals surface area contributed by atoms with Gasteiger partial charge in [-0.05, 0) is 19.4 Å². The maximum Gasteiger partial charge on any atom is 0.323 e. The predicted octanol–water partition coefficient (Wildman–Crippen LogP) is 1.66. The molecule has 0 aliphatic carbocycles. The van der Waals surface area contributed by atoms with Crippen LogP contribution >= 0.6 is 0 Å². The van der Waals surface area contributed by atoms with Crippen molar-refractivity contribution in [2.75, 3.05) is 13.2 Å². The van der Waals surface area contributed by atoms with Crippen molar-refractivity contribution in [3.05, 3.63) is 35.9 Å². The molecule has 0 heterocycles. The van der Waals surface area contributed by atoms with Crippen LogP contribution in [0.3, 0.4) is 0 Å². The number of ether oxygens (including phenoxy) is 1. The van der Waals surface area contributed by atoms with Gasteiger partial charge >= 0.3 is 5.97 Å². The molecular formula is C13H19NO3. The predicted molar refractivity (Wildman–Crippen MR) is 65.8 cm³/mol. The summed E-state index contributed by atoms with van der Waals surface area (Å²) in [5.74, 6) is -0.861. The van der Waals surface area contributed by atoms with E-state index in [4.69, 9.17) is 9.84 Å². The van der Waals surface area contributed by atoms with Crippen molar-refractivity contribution in [1.29, 1.82) is 0 Å². The molecule has 0 atom stereocenters. The first-order valence-electron chi connectivity index (χ1n) is 5.62. The first-order chi connectivity index (χ1) is 8.02. The topological polar surface area (TPSA) is 58.6 Å². The minimum absolute atomic E-state index is 0.492. The molecule has 0 aliphatic rings. The summed E-state index contributed by atoms with van der Waals surface area (Å²) in [4.78, 5) is 10.8. The van der Waals surface area contributed by atoms with Gasteiger partial charge in [0.25, 0.3) is 0 Å². The van der Waals surface area contributed by atoms with E-state index in [0.717, 1.165) is 5.56 Å². The Labute approximate surface area is 102 Å². The zero-order chi connectivity index (χ0) is 12.7. The number of hydrogen-bond donors (Lipinski definition) is 2. The second kappa shape index (κ2) is 6.37. The molecule has 1 rings (SSSR count). The monoisotopic (exact) mass is 237 g/mol. The van der Waals surface area contributed by atoms with Gasteiger partial charge in [0, 0.05) is 6.54 Å². The quantitative estimate of drug-likeness (QED) is 0.708. The average Bonchev–Trinajstić information content (AvgIpc) is 2.29. The smallest absolute Gasteiger partial charge is 0.323 e. The third kappa shape index (κ3) is 4.97. The first kappa shape index (κ1) is 13.7. The summed E-state index contributed by atoms with van der Waals surface area (Å²) in [7, 11) is 0. The molecule has 0 bridgehead atoms. The van der Waals surface area contributed by atoms with Crippen LogP contribution in [-0.2, 0) is 16.1 Å². The average molecular weight is 237 g/mol. The van der Waals surface area contributed by atoms with Crippen LogP contribution in [0.15, 0.2) is 30.3 Å². The molecule has 94 valence electrons. The number of aliphatic carboxylic acids is 1. The third-order valence-corrected chi connectivity index (χ3v) is 2.46. The standard InChI is InChI=1S/C13H19NO3/c1-13(2,12(15)16)14-8-9-17-10-11-6-4-3-5-7-11/h3-7,14H,8-10H2,1-2H3,(H,15,16). The Morgan fingerprint density at radius 1 is 1.35 bits per heavy atom. The van der Waals surface area contributed by atoms with Crippen LogP contribution < -0.4 is 5.32 Å². The van der Waals surface area contributed by atoms with Crippen LogP contribution in [0, 0.1) is 0 Å². The van der Waals surface area contributed by atoms with Crippen molar-refractivity contribution in [2.45, 2.75) is 26.0 Å². The third-order valence-electron chi connectivity index (χ3n) is 2.46. The summed E-state index contributed by atoms with van der Waals surface area (Å²) in [6, 6.07) is 9.87. The Hall–Kier alpha value is -1.39. The van der Waals surface area contributed by atoms with Crippen LogP contribution in [0.1, 0.15) is 19.4 Å². The zero-order valence-corrected chi connectivity index (χ0v) is 10.3. The van der Waals surface area contributed by atoms with Gasteiger partial charge in [-0.3, -0.25) is 4.79 Å². The Kier molecular flexibility index (Phi) is 5.12. The van der Waals surface area contributed by atoms with E-state index in [1.54, 1.807) is 13.8 Å². The van der Waals surface area contributed by atoms with Gasteiger partial charge in [0.05, 0.1) is 13.2 Å². The van der Waals surface area contributed by atoms with Crippen LogP contribution in [0.5, 0.6) is 0 Å². The molecule has 17 heavy (non-hydrogen) atoms. The lowest BCUT2D eigenvalue weighted by Gasteiger charge is -2.20. The summed E-state index contributed by atoms with van der Waals surface area (Å²) in [6.07, 6.45) is 0. The molecule has 2 N–H and O–H groups in total. The highest BCUT2D eigenvalue weighted by Gasteiger charge is 2.25.